The minimum absolute atomic E-state index is 0.259. The first kappa shape index (κ1) is 17.1. The average molecular weight is 313 g/mol. The van der Waals surface area contributed by atoms with Crippen LogP contribution in [0, 0.1) is 11.3 Å². The van der Waals surface area contributed by atoms with Crippen molar-refractivity contribution >= 4 is 17.3 Å². The van der Waals surface area contributed by atoms with Crippen molar-refractivity contribution in [3.8, 4) is 0 Å². The maximum Gasteiger partial charge on any atom is 0.175 e. The lowest BCUT2D eigenvalue weighted by atomic mass is 9.70. The van der Waals surface area contributed by atoms with Gasteiger partial charge in [0, 0.05) is 25.6 Å². The highest BCUT2D eigenvalue weighted by Crippen LogP contribution is 2.34. The molecule has 1 fully saturated rings. The molecule has 0 radical (unpaired) electrons. The number of rotatable bonds is 6. The summed E-state index contributed by atoms with van der Waals surface area (Å²) in [6.45, 7) is 4.45. The third-order valence-corrected chi connectivity index (χ3v) is 4.00. The van der Waals surface area contributed by atoms with Crippen LogP contribution in [0.3, 0.4) is 0 Å². The van der Waals surface area contributed by atoms with Crippen molar-refractivity contribution in [3.05, 3.63) is 48.2 Å². The van der Waals surface area contributed by atoms with Crippen LogP contribution < -0.4 is 5.32 Å². The summed E-state index contributed by atoms with van der Waals surface area (Å²) in [5.74, 6) is -2.03. The van der Waals surface area contributed by atoms with Gasteiger partial charge in [0.2, 0.25) is 0 Å². The quantitative estimate of drug-likeness (QED) is 0.498. The Morgan fingerprint density at radius 1 is 1.17 bits per heavy atom. The van der Waals surface area contributed by atoms with E-state index in [0.717, 1.165) is 6.42 Å². The van der Waals surface area contributed by atoms with Gasteiger partial charge < -0.3 is 5.32 Å². The molecule has 1 N–H and O–H groups in total. The second kappa shape index (κ2) is 7.36. The largest absolute Gasteiger partial charge is 0.390 e. The van der Waals surface area contributed by atoms with Crippen molar-refractivity contribution in [2.24, 2.45) is 11.3 Å². The summed E-state index contributed by atoms with van der Waals surface area (Å²) in [7, 11) is 0. The maximum absolute atomic E-state index is 12.1. The number of carbonyl (C=O) groups excluding carboxylic acids is 3. The Labute approximate surface area is 137 Å². The van der Waals surface area contributed by atoms with Gasteiger partial charge in [0.15, 0.2) is 17.3 Å². The van der Waals surface area contributed by atoms with Crippen LogP contribution in [0.15, 0.2) is 42.6 Å². The van der Waals surface area contributed by atoms with Gasteiger partial charge in [-0.05, 0) is 23.5 Å². The van der Waals surface area contributed by atoms with Crippen molar-refractivity contribution in [3.63, 3.8) is 0 Å². The molecule has 23 heavy (non-hydrogen) atoms. The van der Waals surface area contributed by atoms with Gasteiger partial charge in [-0.15, -0.1) is 0 Å². The molecular weight excluding hydrogens is 290 g/mol. The van der Waals surface area contributed by atoms with Crippen LogP contribution >= 0.6 is 0 Å². The Bertz CT molecular complexity index is 597. The zero-order valence-electron chi connectivity index (χ0n) is 13.7. The highest BCUT2D eigenvalue weighted by Gasteiger charge is 2.42. The van der Waals surface area contributed by atoms with E-state index in [9.17, 15) is 14.4 Å². The second-order valence-corrected chi connectivity index (χ2v) is 6.81. The predicted octanol–water partition coefficient (Wildman–Crippen LogP) is 2.48. The molecule has 0 aliphatic heterocycles. The molecule has 0 bridgehead atoms. The minimum Gasteiger partial charge on any atom is -0.390 e. The Morgan fingerprint density at radius 3 is 2.39 bits per heavy atom. The smallest absolute Gasteiger partial charge is 0.175 e. The summed E-state index contributed by atoms with van der Waals surface area (Å²) in [6, 6.07) is 10.0. The lowest BCUT2D eigenvalue weighted by molar-refractivity contribution is -0.143. The topological polar surface area (TPSA) is 63.2 Å². The molecule has 0 atom stereocenters. The van der Waals surface area contributed by atoms with Crippen LogP contribution in [0.5, 0.6) is 0 Å². The van der Waals surface area contributed by atoms with Crippen molar-refractivity contribution in [1.82, 2.24) is 5.32 Å². The molecule has 0 heterocycles. The van der Waals surface area contributed by atoms with Gasteiger partial charge in [0.25, 0.3) is 0 Å². The number of ketones is 3. The van der Waals surface area contributed by atoms with E-state index in [4.69, 9.17) is 0 Å². The Hall–Kier alpha value is -2.23. The number of Topliss-reactive ketones (excluding diaryl/α,β-unsaturated/α-hetero) is 2. The first-order valence-electron chi connectivity index (χ1n) is 7.92. The number of hydrogen-bond donors (Lipinski definition) is 1. The molecule has 4 heteroatoms. The molecule has 2 rings (SSSR count). The van der Waals surface area contributed by atoms with Gasteiger partial charge in [-0.2, -0.15) is 0 Å². The van der Waals surface area contributed by atoms with Gasteiger partial charge in [-0.3, -0.25) is 14.4 Å². The Balaban J connectivity index is 1.82. The van der Waals surface area contributed by atoms with Gasteiger partial charge in [0.05, 0.1) is 0 Å². The van der Waals surface area contributed by atoms with Gasteiger partial charge in [-0.25, -0.2) is 0 Å². The summed E-state index contributed by atoms with van der Waals surface area (Å²) in [5.41, 5.74) is 0.877. The monoisotopic (exact) mass is 313 g/mol. The van der Waals surface area contributed by atoms with E-state index >= 15 is 0 Å². The fourth-order valence-corrected chi connectivity index (χ4v) is 2.89. The van der Waals surface area contributed by atoms with Crippen molar-refractivity contribution in [2.45, 2.75) is 33.1 Å². The molecule has 0 saturated heterocycles. The average Bonchev–Trinajstić information content (AvgIpc) is 2.45. The number of allylic oxidation sites excluding steroid dienone is 1. The lowest BCUT2D eigenvalue weighted by Crippen LogP contribution is -2.41. The molecular formula is C19H23NO3. The lowest BCUT2D eigenvalue weighted by Gasteiger charge is -2.30. The molecule has 1 aliphatic carbocycles. The molecule has 0 amide bonds. The van der Waals surface area contributed by atoms with Crippen molar-refractivity contribution < 1.29 is 14.4 Å². The number of benzene rings is 1. The summed E-state index contributed by atoms with van der Waals surface area (Å²) < 4.78 is 0. The van der Waals surface area contributed by atoms with Crippen LogP contribution in [0.4, 0.5) is 0 Å². The minimum atomic E-state index is -1.10. The Kier molecular flexibility index (Phi) is 5.48. The highest BCUT2D eigenvalue weighted by atomic mass is 16.2. The fourth-order valence-electron chi connectivity index (χ4n) is 2.89. The molecule has 1 saturated carbocycles. The van der Waals surface area contributed by atoms with Crippen LogP contribution in [-0.2, 0) is 20.8 Å². The first-order chi connectivity index (χ1) is 10.9. The zero-order chi connectivity index (χ0) is 16.9. The van der Waals surface area contributed by atoms with E-state index in [0.29, 0.717) is 6.54 Å². The zero-order valence-corrected chi connectivity index (χ0v) is 13.7. The third kappa shape index (κ3) is 4.88. The van der Waals surface area contributed by atoms with E-state index in [1.807, 2.05) is 44.2 Å². The molecule has 0 unspecified atom stereocenters. The molecule has 122 valence electrons. The summed E-state index contributed by atoms with van der Waals surface area (Å²) in [4.78, 5) is 36.2. The van der Waals surface area contributed by atoms with Crippen LogP contribution in [-0.4, -0.2) is 23.9 Å². The number of nitrogens with one attached hydrogen (secondary N) is 1. The predicted molar refractivity (Wildman–Crippen MR) is 88.8 cm³/mol. The normalized spacial score (nSPS) is 18.3. The third-order valence-electron chi connectivity index (χ3n) is 4.00. The van der Waals surface area contributed by atoms with Crippen LogP contribution in [0.1, 0.15) is 32.3 Å². The Morgan fingerprint density at radius 2 is 1.78 bits per heavy atom. The fraction of sp³-hybridized carbons (Fsp3) is 0.421. The standard InChI is InChI=1S/C19H23NO3/c1-19(2)12-16(22)18(17(23)13-19)15(21)9-11-20-10-8-14-6-4-3-5-7-14/h3-7,9,11,18,20H,8,10,12-13H2,1-2H3. The van der Waals surface area contributed by atoms with E-state index in [1.165, 1.54) is 17.8 Å². The molecule has 4 nitrogen and oxygen atoms in total. The second-order valence-electron chi connectivity index (χ2n) is 6.81. The number of hydrogen-bond acceptors (Lipinski definition) is 4. The molecule has 0 aromatic heterocycles. The first-order valence-corrected chi connectivity index (χ1v) is 7.92. The van der Waals surface area contributed by atoms with E-state index < -0.39 is 11.7 Å². The summed E-state index contributed by atoms with van der Waals surface area (Å²) in [5, 5.41) is 3.03. The highest BCUT2D eigenvalue weighted by molar-refractivity contribution is 6.23. The van der Waals surface area contributed by atoms with E-state index in [-0.39, 0.29) is 29.8 Å². The van der Waals surface area contributed by atoms with Gasteiger partial charge >= 0.3 is 0 Å². The van der Waals surface area contributed by atoms with E-state index in [1.54, 1.807) is 0 Å². The molecule has 1 aliphatic rings. The SMILES string of the molecule is CC1(C)CC(=O)C(C(=O)C=CNCCc2ccccc2)C(=O)C1. The molecule has 1 aromatic rings. The van der Waals surface area contributed by atoms with Crippen molar-refractivity contribution in [2.75, 3.05) is 6.54 Å². The van der Waals surface area contributed by atoms with Crippen LogP contribution in [0.25, 0.3) is 0 Å². The van der Waals surface area contributed by atoms with Crippen LogP contribution in [0.2, 0.25) is 0 Å². The summed E-state index contributed by atoms with van der Waals surface area (Å²) >= 11 is 0. The summed E-state index contributed by atoms with van der Waals surface area (Å²) in [6.07, 6.45) is 4.25. The van der Waals surface area contributed by atoms with E-state index in [2.05, 4.69) is 5.32 Å². The number of carbonyl (C=O) groups is 3. The molecule has 1 aromatic carbocycles. The van der Waals surface area contributed by atoms with Gasteiger partial charge in [-0.1, -0.05) is 44.2 Å². The maximum atomic E-state index is 12.1. The van der Waals surface area contributed by atoms with Gasteiger partial charge in [0.1, 0.15) is 5.92 Å². The molecule has 0 spiro atoms. The van der Waals surface area contributed by atoms with Crippen molar-refractivity contribution in [1.29, 1.82) is 0 Å².